The highest BCUT2D eigenvalue weighted by Crippen LogP contribution is 2.22. The van der Waals surface area contributed by atoms with Gasteiger partial charge in [-0.15, -0.1) is 10.2 Å². The molecule has 1 aliphatic heterocycles. The molecule has 3 heterocycles. The molecule has 0 N–H and O–H groups in total. The van der Waals surface area contributed by atoms with Crippen molar-refractivity contribution in [3.63, 3.8) is 0 Å². The third-order valence-electron chi connectivity index (χ3n) is 4.38. The first-order valence-electron chi connectivity index (χ1n) is 8.53. The van der Waals surface area contributed by atoms with Crippen LogP contribution in [0.25, 0.3) is 5.82 Å². The lowest BCUT2D eigenvalue weighted by Crippen LogP contribution is -2.25. The molecule has 128 valence electrons. The van der Waals surface area contributed by atoms with E-state index in [1.807, 2.05) is 67.1 Å². The minimum atomic E-state index is 0.180. The largest absolute Gasteiger partial charge is 0.489 e. The van der Waals surface area contributed by atoms with Crippen LogP contribution < -0.4 is 9.64 Å². The van der Waals surface area contributed by atoms with Crippen LogP contribution in [0.5, 0.6) is 5.75 Å². The number of nitrogens with zero attached hydrogens (tertiary/aromatic N) is 5. The molecule has 0 saturated carbocycles. The van der Waals surface area contributed by atoms with Gasteiger partial charge in [-0.25, -0.2) is 4.68 Å². The zero-order chi connectivity index (χ0) is 17.2. The van der Waals surface area contributed by atoms with Crippen molar-refractivity contribution >= 4 is 5.82 Å². The molecule has 1 aromatic carbocycles. The fourth-order valence-corrected chi connectivity index (χ4v) is 3.18. The first kappa shape index (κ1) is 15.6. The van der Waals surface area contributed by atoms with Crippen molar-refractivity contribution in [2.75, 3.05) is 18.0 Å². The lowest BCUT2D eigenvalue weighted by Gasteiger charge is -2.17. The highest BCUT2D eigenvalue weighted by atomic mass is 16.5. The molecule has 1 atom stereocenters. The smallest absolute Gasteiger partial charge is 0.176 e. The molecule has 3 aromatic rings. The van der Waals surface area contributed by atoms with E-state index in [0.717, 1.165) is 48.3 Å². The first-order chi connectivity index (χ1) is 12.2. The van der Waals surface area contributed by atoms with Gasteiger partial charge in [0.2, 0.25) is 0 Å². The van der Waals surface area contributed by atoms with E-state index in [2.05, 4.69) is 20.2 Å². The van der Waals surface area contributed by atoms with Crippen molar-refractivity contribution < 1.29 is 4.74 Å². The lowest BCUT2D eigenvalue weighted by molar-refractivity contribution is 0.225. The van der Waals surface area contributed by atoms with Crippen LogP contribution >= 0.6 is 0 Å². The number of rotatable bonds is 4. The maximum Gasteiger partial charge on any atom is 0.176 e. The lowest BCUT2D eigenvalue weighted by atomic mass is 10.3. The van der Waals surface area contributed by atoms with Crippen molar-refractivity contribution in [3.8, 4) is 11.6 Å². The minimum absolute atomic E-state index is 0.180. The van der Waals surface area contributed by atoms with Crippen LogP contribution in [0.1, 0.15) is 17.8 Å². The number of hydrogen-bond donors (Lipinski definition) is 0. The second kappa shape index (κ2) is 6.55. The highest BCUT2D eigenvalue weighted by Gasteiger charge is 2.25. The Morgan fingerprint density at radius 3 is 2.44 bits per heavy atom. The van der Waals surface area contributed by atoms with Crippen LogP contribution in [-0.4, -0.2) is 39.2 Å². The van der Waals surface area contributed by atoms with E-state index in [1.165, 1.54) is 0 Å². The SMILES string of the molecule is Cc1cc(C)n(-c2ccc(N3CC[C@@H](Oc4ccccc4)C3)nn2)n1. The number of anilines is 1. The Labute approximate surface area is 147 Å². The Balaban J connectivity index is 1.43. The number of hydrogen-bond acceptors (Lipinski definition) is 5. The number of aryl methyl sites for hydroxylation is 2. The maximum atomic E-state index is 6.03. The summed E-state index contributed by atoms with van der Waals surface area (Å²) in [6, 6.07) is 16.0. The van der Waals surface area contributed by atoms with Crippen molar-refractivity contribution in [3.05, 3.63) is 59.9 Å². The Morgan fingerprint density at radius 2 is 1.76 bits per heavy atom. The van der Waals surface area contributed by atoms with Crippen molar-refractivity contribution in [1.82, 2.24) is 20.0 Å². The highest BCUT2D eigenvalue weighted by molar-refractivity contribution is 5.41. The van der Waals surface area contributed by atoms with Gasteiger partial charge in [-0.05, 0) is 44.2 Å². The van der Waals surface area contributed by atoms with Crippen LogP contribution in [0.4, 0.5) is 5.82 Å². The molecule has 1 saturated heterocycles. The normalized spacial score (nSPS) is 17.0. The van der Waals surface area contributed by atoms with E-state index in [0.29, 0.717) is 0 Å². The van der Waals surface area contributed by atoms with Gasteiger partial charge in [-0.1, -0.05) is 18.2 Å². The molecule has 0 aliphatic carbocycles. The summed E-state index contributed by atoms with van der Waals surface area (Å²) in [5.41, 5.74) is 2.03. The van der Waals surface area contributed by atoms with Gasteiger partial charge in [-0.2, -0.15) is 5.10 Å². The monoisotopic (exact) mass is 335 g/mol. The molecule has 1 aliphatic rings. The second-order valence-electron chi connectivity index (χ2n) is 6.38. The second-order valence-corrected chi connectivity index (χ2v) is 6.38. The van der Waals surface area contributed by atoms with Crippen LogP contribution in [0, 0.1) is 13.8 Å². The van der Waals surface area contributed by atoms with E-state index in [1.54, 1.807) is 0 Å². The van der Waals surface area contributed by atoms with E-state index in [4.69, 9.17) is 4.74 Å². The predicted molar refractivity (Wildman–Crippen MR) is 96.3 cm³/mol. The summed E-state index contributed by atoms with van der Waals surface area (Å²) in [6.07, 6.45) is 1.16. The topological polar surface area (TPSA) is 56.1 Å². The molecule has 0 radical (unpaired) electrons. The predicted octanol–water partition coefficient (Wildman–Crippen LogP) is 2.94. The summed E-state index contributed by atoms with van der Waals surface area (Å²) in [5, 5.41) is 13.2. The van der Waals surface area contributed by atoms with Gasteiger partial charge in [-0.3, -0.25) is 0 Å². The van der Waals surface area contributed by atoms with Gasteiger partial charge in [0.1, 0.15) is 11.9 Å². The van der Waals surface area contributed by atoms with Gasteiger partial charge >= 0.3 is 0 Å². The summed E-state index contributed by atoms with van der Waals surface area (Å²) in [4.78, 5) is 2.21. The van der Waals surface area contributed by atoms with E-state index in [-0.39, 0.29) is 6.10 Å². The molecule has 0 amide bonds. The molecule has 0 unspecified atom stereocenters. The molecular weight excluding hydrogens is 314 g/mol. The number of ether oxygens (including phenoxy) is 1. The summed E-state index contributed by atoms with van der Waals surface area (Å²) in [7, 11) is 0. The third kappa shape index (κ3) is 3.33. The first-order valence-corrected chi connectivity index (χ1v) is 8.53. The number of benzene rings is 1. The van der Waals surface area contributed by atoms with Crippen molar-refractivity contribution in [1.29, 1.82) is 0 Å². The number of aromatic nitrogens is 4. The minimum Gasteiger partial charge on any atom is -0.489 e. The molecule has 2 aromatic heterocycles. The summed E-state index contributed by atoms with van der Waals surface area (Å²) >= 11 is 0. The molecule has 4 rings (SSSR count). The molecule has 0 bridgehead atoms. The standard InChI is InChI=1S/C19H21N5O/c1-14-12-15(2)24(22-14)19-9-8-18(20-21-19)23-11-10-17(13-23)25-16-6-4-3-5-7-16/h3-9,12,17H,10-11,13H2,1-2H3/t17-/m1/s1. The quantitative estimate of drug-likeness (QED) is 0.734. The molecule has 25 heavy (non-hydrogen) atoms. The molecular formula is C19H21N5O. The fraction of sp³-hybridized carbons (Fsp3) is 0.316. The Kier molecular flexibility index (Phi) is 4.09. The number of para-hydroxylation sites is 1. The molecule has 6 heteroatoms. The van der Waals surface area contributed by atoms with Crippen LogP contribution in [-0.2, 0) is 0 Å². The molecule has 0 spiro atoms. The van der Waals surface area contributed by atoms with Gasteiger partial charge in [0.15, 0.2) is 11.6 Å². The summed E-state index contributed by atoms with van der Waals surface area (Å²) in [6.45, 7) is 5.73. The Bertz CT molecular complexity index is 844. The van der Waals surface area contributed by atoms with Gasteiger partial charge in [0.05, 0.1) is 12.2 Å². The molecule has 6 nitrogen and oxygen atoms in total. The Hall–Kier alpha value is -2.89. The molecule has 1 fully saturated rings. The van der Waals surface area contributed by atoms with Crippen molar-refractivity contribution in [2.24, 2.45) is 0 Å². The third-order valence-corrected chi connectivity index (χ3v) is 4.38. The fourth-order valence-electron chi connectivity index (χ4n) is 3.18. The van der Waals surface area contributed by atoms with Crippen LogP contribution in [0.2, 0.25) is 0 Å². The van der Waals surface area contributed by atoms with E-state index in [9.17, 15) is 0 Å². The van der Waals surface area contributed by atoms with E-state index >= 15 is 0 Å². The van der Waals surface area contributed by atoms with E-state index < -0.39 is 0 Å². The summed E-state index contributed by atoms with van der Waals surface area (Å²) < 4.78 is 7.85. The maximum absolute atomic E-state index is 6.03. The Morgan fingerprint density at radius 1 is 1.00 bits per heavy atom. The van der Waals surface area contributed by atoms with Crippen LogP contribution in [0.3, 0.4) is 0 Å². The summed E-state index contributed by atoms with van der Waals surface area (Å²) in [5.74, 6) is 2.54. The van der Waals surface area contributed by atoms with Gasteiger partial charge in [0.25, 0.3) is 0 Å². The van der Waals surface area contributed by atoms with Crippen molar-refractivity contribution in [2.45, 2.75) is 26.4 Å². The van der Waals surface area contributed by atoms with Gasteiger partial charge < -0.3 is 9.64 Å². The van der Waals surface area contributed by atoms with Gasteiger partial charge in [0, 0.05) is 18.7 Å². The zero-order valence-corrected chi connectivity index (χ0v) is 14.5. The average Bonchev–Trinajstić information content (AvgIpc) is 3.22. The zero-order valence-electron chi connectivity index (χ0n) is 14.5. The average molecular weight is 335 g/mol. The van der Waals surface area contributed by atoms with Crippen LogP contribution in [0.15, 0.2) is 48.5 Å².